The van der Waals surface area contributed by atoms with Crippen LogP contribution in [0.1, 0.15) is 26.5 Å². The maximum atomic E-state index is 12.7. The first-order chi connectivity index (χ1) is 14.1. The molecule has 7 heteroatoms. The molecule has 3 heterocycles. The largest absolute Gasteiger partial charge is 0.454 e. The Morgan fingerprint density at radius 1 is 1.10 bits per heavy atom. The van der Waals surface area contributed by atoms with Gasteiger partial charge in [0.05, 0.1) is 16.3 Å². The number of thiophene rings is 1. The number of hydrogen-bond acceptors (Lipinski definition) is 5. The lowest BCUT2D eigenvalue weighted by molar-refractivity contribution is 0.0955. The van der Waals surface area contributed by atoms with E-state index in [1.165, 1.54) is 16.9 Å². The molecule has 2 aromatic carbocycles. The molecule has 29 heavy (non-hydrogen) atoms. The average Bonchev–Trinajstić information content (AvgIpc) is 3.43. The minimum atomic E-state index is -0.0984. The molecule has 0 atom stereocenters. The highest BCUT2D eigenvalue weighted by atomic mass is 32.1. The molecule has 0 unspecified atom stereocenters. The summed E-state index contributed by atoms with van der Waals surface area (Å²) in [4.78, 5) is 14.4. The minimum Gasteiger partial charge on any atom is -0.454 e. The summed E-state index contributed by atoms with van der Waals surface area (Å²) >= 11 is 1.45. The topological polar surface area (TPSA) is 65.4 Å². The van der Waals surface area contributed by atoms with Crippen LogP contribution in [0.25, 0.3) is 15.9 Å². The van der Waals surface area contributed by atoms with Crippen LogP contribution in [0.5, 0.6) is 11.5 Å². The maximum Gasteiger partial charge on any atom is 0.261 e. The number of ether oxygens (including phenoxy) is 2. The predicted octanol–water partition coefficient (Wildman–Crippen LogP) is 4.36. The van der Waals surface area contributed by atoms with Gasteiger partial charge in [-0.05, 0) is 49.7 Å². The first kappa shape index (κ1) is 17.8. The summed E-state index contributed by atoms with van der Waals surface area (Å²) in [5.74, 6) is 1.35. The molecule has 1 aliphatic heterocycles. The Balaban J connectivity index is 1.38. The maximum absolute atomic E-state index is 12.7. The molecule has 1 amide bonds. The van der Waals surface area contributed by atoms with Crippen molar-refractivity contribution in [3.63, 3.8) is 0 Å². The van der Waals surface area contributed by atoms with Crippen molar-refractivity contribution >= 4 is 27.5 Å². The van der Waals surface area contributed by atoms with E-state index in [-0.39, 0.29) is 12.7 Å². The highest BCUT2D eigenvalue weighted by Gasteiger charge is 2.18. The Morgan fingerprint density at radius 2 is 1.90 bits per heavy atom. The van der Waals surface area contributed by atoms with Gasteiger partial charge in [-0.25, -0.2) is 4.68 Å². The standard InChI is InChI=1S/C22H19N3O3S/c1-13-3-6-16(7-4-13)25-22-17(14(2)24-25)10-20(29-22)21(26)23-11-15-5-8-18-19(9-15)28-12-27-18/h3-10H,11-12H2,1-2H3,(H,23,26). The molecule has 4 aromatic rings. The molecule has 0 spiro atoms. The fourth-order valence-electron chi connectivity index (χ4n) is 3.34. The molecule has 5 rings (SSSR count). The van der Waals surface area contributed by atoms with Crippen LogP contribution in [0.4, 0.5) is 0 Å². The van der Waals surface area contributed by atoms with E-state index in [1.807, 2.05) is 48.0 Å². The van der Waals surface area contributed by atoms with Gasteiger partial charge in [0.15, 0.2) is 11.5 Å². The zero-order chi connectivity index (χ0) is 20.0. The van der Waals surface area contributed by atoms with Crippen molar-refractivity contribution in [2.24, 2.45) is 0 Å². The number of amides is 1. The van der Waals surface area contributed by atoms with Crippen LogP contribution in [-0.2, 0) is 6.54 Å². The molecule has 0 aliphatic carbocycles. The van der Waals surface area contributed by atoms with E-state index in [4.69, 9.17) is 9.47 Å². The summed E-state index contributed by atoms with van der Waals surface area (Å²) in [5.41, 5.74) is 4.06. The molecular weight excluding hydrogens is 386 g/mol. The first-order valence-electron chi connectivity index (χ1n) is 9.31. The van der Waals surface area contributed by atoms with Gasteiger partial charge in [0.2, 0.25) is 6.79 Å². The fraction of sp³-hybridized carbons (Fsp3) is 0.182. The Morgan fingerprint density at radius 3 is 2.72 bits per heavy atom. The van der Waals surface area contributed by atoms with Crippen LogP contribution < -0.4 is 14.8 Å². The highest BCUT2D eigenvalue weighted by molar-refractivity contribution is 7.20. The number of benzene rings is 2. The second-order valence-electron chi connectivity index (χ2n) is 7.03. The zero-order valence-electron chi connectivity index (χ0n) is 16.1. The number of nitrogens with zero attached hydrogens (tertiary/aromatic N) is 2. The van der Waals surface area contributed by atoms with Crippen LogP contribution in [0.2, 0.25) is 0 Å². The van der Waals surface area contributed by atoms with E-state index in [2.05, 4.69) is 29.5 Å². The molecule has 1 aliphatic rings. The molecule has 2 aromatic heterocycles. The molecule has 0 bridgehead atoms. The smallest absolute Gasteiger partial charge is 0.261 e. The minimum absolute atomic E-state index is 0.0984. The third kappa shape index (κ3) is 3.23. The summed E-state index contributed by atoms with van der Waals surface area (Å²) in [6.45, 7) is 4.69. The Labute approximate surface area is 171 Å². The van der Waals surface area contributed by atoms with Crippen molar-refractivity contribution < 1.29 is 14.3 Å². The van der Waals surface area contributed by atoms with Gasteiger partial charge in [-0.1, -0.05) is 23.8 Å². The Hall–Kier alpha value is -3.32. The number of nitrogens with one attached hydrogen (secondary N) is 1. The number of rotatable bonds is 4. The average molecular weight is 405 g/mol. The number of fused-ring (bicyclic) bond motifs is 2. The monoisotopic (exact) mass is 405 g/mol. The van der Waals surface area contributed by atoms with Gasteiger partial charge in [-0.2, -0.15) is 5.10 Å². The van der Waals surface area contributed by atoms with Crippen molar-refractivity contribution in [2.45, 2.75) is 20.4 Å². The Kier molecular flexibility index (Phi) is 4.24. The summed E-state index contributed by atoms with van der Waals surface area (Å²) in [5, 5.41) is 8.64. The summed E-state index contributed by atoms with van der Waals surface area (Å²) < 4.78 is 12.6. The number of hydrogen-bond donors (Lipinski definition) is 1. The SMILES string of the molecule is Cc1ccc(-n2nc(C)c3cc(C(=O)NCc4ccc5c(c4)OCO5)sc32)cc1. The van der Waals surface area contributed by atoms with Crippen molar-refractivity contribution in [3.8, 4) is 17.2 Å². The van der Waals surface area contributed by atoms with E-state index >= 15 is 0 Å². The highest BCUT2D eigenvalue weighted by Crippen LogP contribution is 2.33. The van der Waals surface area contributed by atoms with Crippen LogP contribution in [0.3, 0.4) is 0 Å². The van der Waals surface area contributed by atoms with Gasteiger partial charge in [0.1, 0.15) is 4.83 Å². The molecular formula is C22H19N3O3S. The van der Waals surface area contributed by atoms with Crippen LogP contribution in [-0.4, -0.2) is 22.5 Å². The van der Waals surface area contributed by atoms with Crippen LogP contribution in [0, 0.1) is 13.8 Å². The van der Waals surface area contributed by atoms with E-state index in [9.17, 15) is 4.79 Å². The van der Waals surface area contributed by atoms with E-state index in [0.717, 1.165) is 32.9 Å². The lowest BCUT2D eigenvalue weighted by Gasteiger charge is -2.05. The number of carbonyl (C=O) groups excluding carboxylic acids is 1. The normalized spacial score (nSPS) is 12.5. The molecule has 0 saturated heterocycles. The second-order valence-corrected chi connectivity index (χ2v) is 8.06. The van der Waals surface area contributed by atoms with Gasteiger partial charge in [0.25, 0.3) is 5.91 Å². The molecule has 0 radical (unpaired) electrons. The van der Waals surface area contributed by atoms with Crippen LogP contribution in [0.15, 0.2) is 48.5 Å². The summed E-state index contributed by atoms with van der Waals surface area (Å²) in [7, 11) is 0. The van der Waals surface area contributed by atoms with Crippen molar-refractivity contribution in [2.75, 3.05) is 6.79 Å². The molecule has 0 saturated carbocycles. The molecule has 0 fully saturated rings. The first-order valence-corrected chi connectivity index (χ1v) is 10.1. The lowest BCUT2D eigenvalue weighted by Crippen LogP contribution is -2.21. The van der Waals surface area contributed by atoms with Crippen molar-refractivity contribution in [1.82, 2.24) is 15.1 Å². The summed E-state index contributed by atoms with van der Waals surface area (Å²) in [6.07, 6.45) is 0. The number of carbonyl (C=O) groups is 1. The van der Waals surface area contributed by atoms with Crippen molar-refractivity contribution in [3.05, 3.63) is 70.2 Å². The van der Waals surface area contributed by atoms with Gasteiger partial charge in [-0.15, -0.1) is 11.3 Å². The lowest BCUT2D eigenvalue weighted by atomic mass is 10.2. The van der Waals surface area contributed by atoms with Crippen molar-refractivity contribution in [1.29, 1.82) is 0 Å². The third-order valence-corrected chi connectivity index (χ3v) is 6.05. The van der Waals surface area contributed by atoms with E-state index < -0.39 is 0 Å². The fourth-order valence-corrected chi connectivity index (χ4v) is 4.44. The summed E-state index contributed by atoms with van der Waals surface area (Å²) in [6, 6.07) is 15.8. The number of aromatic nitrogens is 2. The van der Waals surface area contributed by atoms with Gasteiger partial charge in [0, 0.05) is 11.9 Å². The zero-order valence-corrected chi connectivity index (χ0v) is 16.9. The second kappa shape index (κ2) is 6.93. The third-order valence-electron chi connectivity index (χ3n) is 4.94. The van der Waals surface area contributed by atoms with E-state index in [1.54, 1.807) is 0 Å². The molecule has 6 nitrogen and oxygen atoms in total. The van der Waals surface area contributed by atoms with Crippen LogP contribution >= 0.6 is 11.3 Å². The molecule has 146 valence electrons. The predicted molar refractivity (Wildman–Crippen MR) is 112 cm³/mol. The van der Waals surface area contributed by atoms with Gasteiger partial charge < -0.3 is 14.8 Å². The Bertz CT molecular complexity index is 1220. The van der Waals surface area contributed by atoms with Gasteiger partial charge in [-0.3, -0.25) is 4.79 Å². The number of aryl methyl sites for hydroxylation is 2. The van der Waals surface area contributed by atoms with Gasteiger partial charge >= 0.3 is 0 Å². The molecule has 1 N–H and O–H groups in total. The van der Waals surface area contributed by atoms with E-state index in [0.29, 0.717) is 17.2 Å². The quantitative estimate of drug-likeness (QED) is 0.548.